The summed E-state index contributed by atoms with van der Waals surface area (Å²) in [6.07, 6.45) is 0.899. The predicted octanol–water partition coefficient (Wildman–Crippen LogP) is 3.18. The number of piperazine rings is 1. The van der Waals surface area contributed by atoms with Crippen molar-refractivity contribution < 1.29 is 14.3 Å². The molecule has 0 radical (unpaired) electrons. The molecule has 0 atom stereocenters. The van der Waals surface area contributed by atoms with E-state index in [1.165, 1.54) is 12.1 Å². The summed E-state index contributed by atoms with van der Waals surface area (Å²) in [6, 6.07) is 14.0. The Kier molecular flexibility index (Phi) is 5.83. The van der Waals surface area contributed by atoms with Crippen LogP contribution in [-0.2, 0) is 0 Å². The van der Waals surface area contributed by atoms with Crippen molar-refractivity contribution in [2.45, 2.75) is 6.42 Å². The second-order valence-corrected chi connectivity index (χ2v) is 7.50. The van der Waals surface area contributed by atoms with E-state index >= 15 is 0 Å². The van der Waals surface area contributed by atoms with Gasteiger partial charge >= 0.3 is 0 Å². The highest BCUT2D eigenvalue weighted by Gasteiger charge is 2.14. The molecule has 152 valence electrons. The number of likely N-dealkylation sites (N-methyl/N-ethyl adjacent to an activating group) is 1. The van der Waals surface area contributed by atoms with Gasteiger partial charge in [0.25, 0.3) is 0 Å². The van der Waals surface area contributed by atoms with E-state index in [9.17, 15) is 9.90 Å². The second kappa shape index (κ2) is 8.68. The van der Waals surface area contributed by atoms with Gasteiger partial charge < -0.3 is 24.1 Å². The topological polar surface area (TPSA) is 66.2 Å². The Hall–Kier alpha value is -2.83. The third kappa shape index (κ3) is 4.60. The third-order valence-electron chi connectivity index (χ3n) is 5.32. The second-order valence-electron chi connectivity index (χ2n) is 7.50. The predicted molar refractivity (Wildman–Crippen MR) is 114 cm³/mol. The molecular formula is C23H26N2O4. The lowest BCUT2D eigenvalue weighted by atomic mass is 10.1. The molecule has 1 fully saturated rings. The number of ether oxygens (including phenoxy) is 1. The van der Waals surface area contributed by atoms with Crippen LogP contribution in [0.1, 0.15) is 6.42 Å². The molecule has 1 aliphatic rings. The van der Waals surface area contributed by atoms with Crippen LogP contribution >= 0.6 is 0 Å². The highest BCUT2D eigenvalue weighted by molar-refractivity contribution is 5.86. The number of fused-ring (bicyclic) bond motifs is 1. The van der Waals surface area contributed by atoms with Gasteiger partial charge in [0, 0.05) is 56.5 Å². The highest BCUT2D eigenvalue weighted by atomic mass is 16.5. The minimum Gasteiger partial charge on any atom is -0.507 e. The van der Waals surface area contributed by atoms with E-state index in [2.05, 4.69) is 16.8 Å². The normalized spacial score (nSPS) is 15.6. The van der Waals surface area contributed by atoms with E-state index in [4.69, 9.17) is 9.15 Å². The first-order valence-electron chi connectivity index (χ1n) is 10.00. The number of aromatic hydroxyl groups is 1. The largest absolute Gasteiger partial charge is 0.507 e. The third-order valence-corrected chi connectivity index (χ3v) is 5.32. The number of hydrogen-bond donors (Lipinski definition) is 1. The van der Waals surface area contributed by atoms with Crippen LogP contribution in [0.5, 0.6) is 11.5 Å². The Labute approximate surface area is 169 Å². The van der Waals surface area contributed by atoms with E-state index < -0.39 is 0 Å². The van der Waals surface area contributed by atoms with Gasteiger partial charge in [-0.25, -0.2) is 0 Å². The van der Waals surface area contributed by atoms with E-state index in [-0.39, 0.29) is 16.6 Å². The van der Waals surface area contributed by atoms with Gasteiger partial charge in [-0.3, -0.25) is 4.79 Å². The quantitative estimate of drug-likeness (QED) is 0.648. The number of benzene rings is 2. The van der Waals surface area contributed by atoms with Gasteiger partial charge in [0.05, 0.1) is 6.61 Å². The van der Waals surface area contributed by atoms with Crippen LogP contribution in [0.15, 0.2) is 57.7 Å². The van der Waals surface area contributed by atoms with E-state index in [0.29, 0.717) is 23.7 Å². The number of phenols is 1. The Bertz CT molecular complexity index is 1020. The summed E-state index contributed by atoms with van der Waals surface area (Å²) >= 11 is 0. The lowest BCUT2D eigenvalue weighted by molar-refractivity contribution is 0.145. The standard InChI is InChI=1S/C23H26N2O4/c1-24-9-11-25(12-10-24)8-5-13-28-18-14-19(26)23-20(27)16-21(29-22(23)15-18)17-6-3-2-4-7-17/h2-4,6-7,14-16,26H,5,8-13H2,1H3. The first-order valence-corrected chi connectivity index (χ1v) is 10.00. The Morgan fingerprint density at radius 3 is 2.59 bits per heavy atom. The minimum atomic E-state index is -0.274. The van der Waals surface area contributed by atoms with Crippen LogP contribution in [0, 0.1) is 0 Å². The number of nitrogens with zero attached hydrogens (tertiary/aromatic N) is 2. The fraction of sp³-hybridized carbons (Fsp3) is 0.348. The number of hydrogen-bond acceptors (Lipinski definition) is 6. The molecular weight excluding hydrogens is 368 g/mol. The summed E-state index contributed by atoms with van der Waals surface area (Å²) in [4.78, 5) is 17.3. The Morgan fingerprint density at radius 1 is 1.07 bits per heavy atom. The van der Waals surface area contributed by atoms with Crippen molar-refractivity contribution in [1.82, 2.24) is 9.80 Å². The lowest BCUT2D eigenvalue weighted by Gasteiger charge is -2.32. The molecule has 0 amide bonds. The van der Waals surface area contributed by atoms with Crippen LogP contribution in [0.4, 0.5) is 0 Å². The molecule has 0 aliphatic carbocycles. The summed E-state index contributed by atoms with van der Waals surface area (Å²) in [5, 5.41) is 10.5. The molecule has 0 saturated carbocycles. The SMILES string of the molecule is CN1CCN(CCCOc2cc(O)c3c(=O)cc(-c4ccccc4)oc3c2)CC1. The molecule has 0 spiro atoms. The van der Waals surface area contributed by atoms with Crippen molar-refractivity contribution >= 4 is 11.0 Å². The molecule has 3 aromatic rings. The van der Waals surface area contributed by atoms with E-state index in [1.54, 1.807) is 6.07 Å². The molecule has 2 heterocycles. The molecule has 6 nitrogen and oxygen atoms in total. The average molecular weight is 394 g/mol. The summed E-state index contributed by atoms with van der Waals surface area (Å²) in [6.45, 7) is 5.90. The molecule has 0 bridgehead atoms. The summed E-state index contributed by atoms with van der Waals surface area (Å²) < 4.78 is 11.7. The maximum Gasteiger partial charge on any atom is 0.197 e. The minimum absolute atomic E-state index is 0.120. The maximum absolute atomic E-state index is 12.5. The Balaban J connectivity index is 1.46. The number of rotatable bonds is 6. The summed E-state index contributed by atoms with van der Waals surface area (Å²) in [5.74, 6) is 0.849. The van der Waals surface area contributed by atoms with Crippen molar-refractivity contribution in [1.29, 1.82) is 0 Å². The monoisotopic (exact) mass is 394 g/mol. The van der Waals surface area contributed by atoms with Gasteiger partial charge in [-0.2, -0.15) is 0 Å². The van der Waals surface area contributed by atoms with Gasteiger partial charge in [0.2, 0.25) is 0 Å². The highest BCUT2D eigenvalue weighted by Crippen LogP contribution is 2.31. The molecule has 2 aromatic carbocycles. The molecule has 6 heteroatoms. The molecule has 1 saturated heterocycles. The van der Waals surface area contributed by atoms with Crippen molar-refractivity contribution in [3.63, 3.8) is 0 Å². The van der Waals surface area contributed by atoms with Crippen LogP contribution < -0.4 is 10.2 Å². The molecule has 1 aliphatic heterocycles. The summed E-state index contributed by atoms with van der Waals surface area (Å²) in [5.41, 5.74) is 0.860. The van der Waals surface area contributed by atoms with Gasteiger partial charge in [-0.1, -0.05) is 30.3 Å². The van der Waals surface area contributed by atoms with E-state index in [1.807, 2.05) is 30.3 Å². The summed E-state index contributed by atoms with van der Waals surface area (Å²) in [7, 11) is 2.15. The zero-order valence-electron chi connectivity index (χ0n) is 16.6. The molecule has 29 heavy (non-hydrogen) atoms. The smallest absolute Gasteiger partial charge is 0.197 e. The van der Waals surface area contributed by atoms with Crippen LogP contribution in [0.25, 0.3) is 22.3 Å². The maximum atomic E-state index is 12.5. The van der Waals surface area contributed by atoms with Crippen LogP contribution in [0.2, 0.25) is 0 Å². The molecule has 1 N–H and O–H groups in total. The molecule has 1 aromatic heterocycles. The van der Waals surface area contributed by atoms with Gasteiger partial charge in [0.1, 0.15) is 28.2 Å². The number of phenolic OH excluding ortho intramolecular Hbond substituents is 1. The Morgan fingerprint density at radius 2 is 1.83 bits per heavy atom. The first-order chi connectivity index (χ1) is 14.1. The van der Waals surface area contributed by atoms with Gasteiger partial charge in [-0.15, -0.1) is 0 Å². The van der Waals surface area contributed by atoms with Crippen molar-refractivity contribution in [2.24, 2.45) is 0 Å². The van der Waals surface area contributed by atoms with Crippen LogP contribution in [-0.4, -0.2) is 61.3 Å². The molecule has 0 unspecified atom stereocenters. The zero-order valence-corrected chi connectivity index (χ0v) is 16.6. The van der Waals surface area contributed by atoms with Crippen LogP contribution in [0.3, 0.4) is 0 Å². The lowest BCUT2D eigenvalue weighted by Crippen LogP contribution is -2.44. The van der Waals surface area contributed by atoms with Crippen molar-refractivity contribution in [2.75, 3.05) is 46.4 Å². The first kappa shape index (κ1) is 19.5. The van der Waals surface area contributed by atoms with Crippen molar-refractivity contribution in [3.05, 3.63) is 58.8 Å². The molecule has 4 rings (SSSR count). The average Bonchev–Trinajstić information content (AvgIpc) is 2.72. The van der Waals surface area contributed by atoms with E-state index in [0.717, 1.165) is 44.7 Å². The fourth-order valence-corrected chi connectivity index (χ4v) is 3.62. The zero-order chi connectivity index (χ0) is 20.2. The van der Waals surface area contributed by atoms with Gasteiger partial charge in [-0.05, 0) is 13.5 Å². The fourth-order valence-electron chi connectivity index (χ4n) is 3.62. The van der Waals surface area contributed by atoms with Gasteiger partial charge in [0.15, 0.2) is 5.43 Å². The van der Waals surface area contributed by atoms with Crippen molar-refractivity contribution in [3.8, 4) is 22.8 Å².